The molecular formula is C37H37FN6O4. The van der Waals surface area contributed by atoms with Gasteiger partial charge in [0, 0.05) is 81.2 Å². The van der Waals surface area contributed by atoms with Gasteiger partial charge in [0.2, 0.25) is 0 Å². The highest BCUT2D eigenvalue weighted by Gasteiger charge is 2.34. The number of anilines is 2. The number of nitrogens with zero attached hydrogens (tertiary/aromatic N) is 6. The number of morpholine rings is 1. The third-order valence-corrected chi connectivity index (χ3v) is 9.19. The largest absolute Gasteiger partial charge is 0.508 e. The van der Waals surface area contributed by atoms with E-state index < -0.39 is 5.82 Å². The van der Waals surface area contributed by atoms with Crippen molar-refractivity contribution >= 4 is 23.2 Å². The van der Waals surface area contributed by atoms with Gasteiger partial charge in [-0.3, -0.25) is 24.1 Å². The van der Waals surface area contributed by atoms with Crippen LogP contribution in [0.1, 0.15) is 31.8 Å². The summed E-state index contributed by atoms with van der Waals surface area (Å²) in [5.41, 5.74) is 5.05. The second kappa shape index (κ2) is 13.1. The number of phenolic OH excluding ortho intramolecular Hbond substituents is 1. The molecule has 48 heavy (non-hydrogen) atoms. The predicted octanol–water partition coefficient (Wildman–Crippen LogP) is 5.15. The van der Waals surface area contributed by atoms with Gasteiger partial charge in [-0.05, 0) is 66.1 Å². The van der Waals surface area contributed by atoms with Gasteiger partial charge in [-0.2, -0.15) is 5.10 Å². The molecule has 2 amide bonds. The first kappa shape index (κ1) is 31.3. The molecule has 10 nitrogen and oxygen atoms in total. The average Bonchev–Trinajstić information content (AvgIpc) is 3.70. The summed E-state index contributed by atoms with van der Waals surface area (Å²) in [6.45, 7) is 4.11. The van der Waals surface area contributed by atoms with E-state index in [1.807, 2.05) is 17.0 Å². The van der Waals surface area contributed by atoms with Gasteiger partial charge in [-0.1, -0.05) is 24.3 Å². The van der Waals surface area contributed by atoms with E-state index in [0.717, 1.165) is 25.1 Å². The topological polar surface area (TPSA) is 96.1 Å². The van der Waals surface area contributed by atoms with E-state index in [0.29, 0.717) is 60.1 Å². The third kappa shape index (κ3) is 6.22. The van der Waals surface area contributed by atoms with Crippen LogP contribution in [0.2, 0.25) is 0 Å². The van der Waals surface area contributed by atoms with Gasteiger partial charge in [0.05, 0.1) is 30.7 Å². The van der Waals surface area contributed by atoms with Crippen LogP contribution in [0.15, 0.2) is 91.4 Å². The molecule has 11 heteroatoms. The van der Waals surface area contributed by atoms with Crippen LogP contribution in [0.3, 0.4) is 0 Å². The summed E-state index contributed by atoms with van der Waals surface area (Å²) in [6, 6.07) is 20.4. The molecule has 0 unspecified atom stereocenters. The number of ether oxygens (including phenoxy) is 1. The Morgan fingerprint density at radius 3 is 2.44 bits per heavy atom. The molecule has 0 bridgehead atoms. The predicted molar refractivity (Wildman–Crippen MR) is 180 cm³/mol. The maximum atomic E-state index is 15.0. The van der Waals surface area contributed by atoms with E-state index in [1.54, 1.807) is 66.2 Å². The Bertz CT molecular complexity index is 1960. The Morgan fingerprint density at radius 1 is 0.958 bits per heavy atom. The number of fused-ring (bicyclic) bond motifs is 1. The number of aromatic nitrogens is 3. The maximum absolute atomic E-state index is 15.0. The maximum Gasteiger partial charge on any atom is 0.264 e. The molecule has 7 rings (SSSR count). The van der Waals surface area contributed by atoms with Crippen LogP contribution in [-0.4, -0.2) is 80.0 Å². The molecule has 1 saturated heterocycles. The minimum absolute atomic E-state index is 0.0759. The van der Waals surface area contributed by atoms with E-state index in [2.05, 4.69) is 22.1 Å². The first-order valence-electron chi connectivity index (χ1n) is 16.0. The lowest BCUT2D eigenvalue weighted by atomic mass is 9.92. The number of phenols is 1. The van der Waals surface area contributed by atoms with Gasteiger partial charge < -0.3 is 19.3 Å². The quantitative estimate of drug-likeness (QED) is 0.263. The van der Waals surface area contributed by atoms with Crippen molar-refractivity contribution in [2.24, 2.45) is 14.1 Å². The highest BCUT2D eigenvalue weighted by atomic mass is 19.1. The van der Waals surface area contributed by atoms with Gasteiger partial charge in [-0.15, -0.1) is 0 Å². The average molecular weight is 649 g/mol. The summed E-state index contributed by atoms with van der Waals surface area (Å²) in [6.07, 6.45) is 5.71. The van der Waals surface area contributed by atoms with Crippen molar-refractivity contribution in [1.29, 1.82) is 0 Å². The van der Waals surface area contributed by atoms with Crippen LogP contribution in [0, 0.1) is 5.82 Å². The summed E-state index contributed by atoms with van der Waals surface area (Å²) in [7, 11) is 3.54. The molecular weight excluding hydrogens is 611 g/mol. The Labute approximate surface area is 278 Å². The van der Waals surface area contributed by atoms with Crippen molar-refractivity contribution in [3.8, 4) is 17.0 Å². The SMILES string of the molecule is Cn1cc(N(C(=O)c2cc(-c3cc(F)ccc3C(=O)N3Cc4ccccc4C[C@H]3CN3CCOCC3)n(C)c2)c2ccc(O)cc2)cn1. The van der Waals surface area contributed by atoms with Gasteiger partial charge in [0.15, 0.2) is 0 Å². The zero-order chi connectivity index (χ0) is 33.4. The number of carbonyl (C=O) groups excluding carboxylic acids is 2. The van der Waals surface area contributed by atoms with E-state index in [1.165, 1.54) is 34.7 Å². The second-order valence-corrected chi connectivity index (χ2v) is 12.4. The molecule has 1 atom stereocenters. The zero-order valence-corrected chi connectivity index (χ0v) is 26.9. The Kier molecular flexibility index (Phi) is 8.55. The lowest BCUT2D eigenvalue weighted by molar-refractivity contribution is 0.0193. The molecule has 0 radical (unpaired) electrons. The number of hydrogen-bond donors (Lipinski definition) is 1. The van der Waals surface area contributed by atoms with Crippen LogP contribution in [0.25, 0.3) is 11.3 Å². The number of halogens is 1. The Hall–Kier alpha value is -5.26. The standard InChI is InChI=1S/C37H37FN6O4/c1-40-21-27(36(46)44(31-20-39-41(2)23-31)29-8-10-32(45)11-9-29)18-35(40)34-19-28(38)7-12-33(34)37(47)43-22-26-6-4-3-5-25(26)17-30(43)24-42-13-15-48-16-14-42/h3-12,18-21,23,30,45H,13-17,22,24H2,1-2H3/t30-/m0/s1. The van der Waals surface area contributed by atoms with Gasteiger partial charge >= 0.3 is 0 Å². The molecule has 1 N–H and O–H groups in total. The summed E-state index contributed by atoms with van der Waals surface area (Å²) in [5, 5.41) is 14.1. The van der Waals surface area contributed by atoms with Gasteiger partial charge in [0.25, 0.3) is 11.8 Å². The first-order valence-corrected chi connectivity index (χ1v) is 16.0. The van der Waals surface area contributed by atoms with Crippen LogP contribution in [-0.2, 0) is 31.8 Å². The third-order valence-electron chi connectivity index (χ3n) is 9.19. The molecule has 246 valence electrons. The van der Waals surface area contributed by atoms with Crippen molar-refractivity contribution < 1.29 is 23.8 Å². The smallest absolute Gasteiger partial charge is 0.264 e. The minimum Gasteiger partial charge on any atom is -0.508 e. The monoisotopic (exact) mass is 648 g/mol. The van der Waals surface area contributed by atoms with E-state index >= 15 is 0 Å². The van der Waals surface area contributed by atoms with Crippen molar-refractivity contribution in [3.05, 3.63) is 119 Å². The number of rotatable bonds is 7. The summed E-state index contributed by atoms with van der Waals surface area (Å²) < 4.78 is 23.9. The normalized spacial score (nSPS) is 16.5. The highest BCUT2D eigenvalue weighted by molar-refractivity contribution is 6.11. The lowest BCUT2D eigenvalue weighted by Crippen LogP contribution is -2.52. The van der Waals surface area contributed by atoms with Crippen molar-refractivity contribution in [2.75, 3.05) is 37.7 Å². The van der Waals surface area contributed by atoms with Crippen LogP contribution in [0.4, 0.5) is 15.8 Å². The molecule has 0 aliphatic carbocycles. The molecule has 0 saturated carbocycles. The van der Waals surface area contributed by atoms with E-state index in [-0.39, 0.29) is 23.6 Å². The molecule has 2 aliphatic heterocycles. The van der Waals surface area contributed by atoms with E-state index in [9.17, 15) is 19.1 Å². The molecule has 2 aliphatic rings. The van der Waals surface area contributed by atoms with Gasteiger partial charge in [0.1, 0.15) is 11.6 Å². The van der Waals surface area contributed by atoms with Crippen molar-refractivity contribution in [2.45, 2.75) is 19.0 Å². The number of amides is 2. The molecule has 0 spiro atoms. The van der Waals surface area contributed by atoms with Crippen molar-refractivity contribution in [3.63, 3.8) is 0 Å². The number of carbonyl (C=O) groups is 2. The molecule has 5 aromatic rings. The summed E-state index contributed by atoms with van der Waals surface area (Å²) in [4.78, 5) is 34.5. The first-order chi connectivity index (χ1) is 23.2. The number of aromatic hydroxyl groups is 1. The molecule has 1 fully saturated rings. The Morgan fingerprint density at radius 2 is 1.71 bits per heavy atom. The highest BCUT2D eigenvalue weighted by Crippen LogP contribution is 2.34. The fourth-order valence-electron chi connectivity index (χ4n) is 6.73. The fraction of sp³-hybridized carbons (Fsp3) is 0.270. The zero-order valence-electron chi connectivity index (χ0n) is 26.9. The molecule has 4 heterocycles. The summed E-state index contributed by atoms with van der Waals surface area (Å²) in [5.74, 6) is -0.941. The second-order valence-electron chi connectivity index (χ2n) is 12.4. The van der Waals surface area contributed by atoms with Gasteiger partial charge in [-0.25, -0.2) is 4.39 Å². The minimum atomic E-state index is -0.481. The number of hydrogen-bond acceptors (Lipinski definition) is 6. The van der Waals surface area contributed by atoms with Crippen molar-refractivity contribution in [1.82, 2.24) is 24.1 Å². The van der Waals surface area contributed by atoms with Crippen LogP contribution in [0.5, 0.6) is 5.75 Å². The van der Waals surface area contributed by atoms with Crippen LogP contribution < -0.4 is 4.90 Å². The van der Waals surface area contributed by atoms with E-state index in [4.69, 9.17) is 4.74 Å². The lowest BCUT2D eigenvalue weighted by Gasteiger charge is -2.40. The Balaban J connectivity index is 1.24. The fourth-order valence-corrected chi connectivity index (χ4v) is 6.73. The molecule has 2 aromatic heterocycles. The molecule has 3 aromatic carbocycles. The van der Waals surface area contributed by atoms with Crippen LogP contribution >= 0.6 is 0 Å². The number of aryl methyl sites for hydroxylation is 2. The summed E-state index contributed by atoms with van der Waals surface area (Å²) >= 11 is 0. The number of benzene rings is 3.